The van der Waals surface area contributed by atoms with E-state index in [4.69, 9.17) is 5.11 Å². The van der Waals surface area contributed by atoms with Crippen molar-refractivity contribution in [3.8, 4) is 5.75 Å². The first-order valence-corrected chi connectivity index (χ1v) is 8.43. The van der Waals surface area contributed by atoms with Crippen LogP contribution >= 0.6 is 0 Å². The number of aromatic nitrogens is 1. The van der Waals surface area contributed by atoms with Gasteiger partial charge >= 0.3 is 5.97 Å². The second kappa shape index (κ2) is 7.33. The van der Waals surface area contributed by atoms with Crippen LogP contribution in [0.1, 0.15) is 34.1 Å². The summed E-state index contributed by atoms with van der Waals surface area (Å²) in [5.41, 5.74) is 0.0345. The van der Waals surface area contributed by atoms with E-state index in [9.17, 15) is 19.5 Å². The maximum absolute atomic E-state index is 12.8. The number of carbonyl (C=O) groups is 2. The molecule has 138 valence electrons. The Hall–Kier alpha value is -3.61. The molecule has 0 aliphatic heterocycles. The van der Waals surface area contributed by atoms with Crippen molar-refractivity contribution in [3.63, 3.8) is 0 Å². The summed E-state index contributed by atoms with van der Waals surface area (Å²) in [4.78, 5) is 36.4. The molecule has 1 heterocycles. The van der Waals surface area contributed by atoms with E-state index >= 15 is 0 Å². The van der Waals surface area contributed by atoms with Gasteiger partial charge in [-0.05, 0) is 42.8 Å². The van der Waals surface area contributed by atoms with Gasteiger partial charge in [-0.1, -0.05) is 19.1 Å². The molecule has 0 saturated heterocycles. The van der Waals surface area contributed by atoms with Crippen LogP contribution in [0.5, 0.6) is 5.75 Å². The molecule has 0 aliphatic rings. The van der Waals surface area contributed by atoms with E-state index in [-0.39, 0.29) is 16.9 Å². The van der Waals surface area contributed by atoms with Crippen molar-refractivity contribution in [2.75, 3.05) is 5.32 Å². The van der Waals surface area contributed by atoms with Crippen LogP contribution in [0, 0.1) is 0 Å². The largest absolute Gasteiger partial charge is 0.506 e. The topological polar surface area (TPSA) is 109 Å². The zero-order valence-corrected chi connectivity index (χ0v) is 14.6. The van der Waals surface area contributed by atoms with Gasteiger partial charge in [0.15, 0.2) is 0 Å². The van der Waals surface area contributed by atoms with E-state index in [1.165, 1.54) is 28.8 Å². The Morgan fingerprint density at radius 2 is 1.74 bits per heavy atom. The molecule has 1 aromatic heterocycles. The number of fused-ring (bicyclic) bond motifs is 1. The van der Waals surface area contributed by atoms with E-state index in [0.717, 1.165) is 0 Å². The number of aryl methyl sites for hydroxylation is 1. The fourth-order valence-electron chi connectivity index (χ4n) is 2.93. The number of nitrogens with zero attached hydrogens (tertiary/aromatic N) is 1. The standard InChI is InChI=1S/C20H18N2O5/c1-2-11-22-15-6-4-3-5-14(15)17(23)16(19(22)25)18(24)21-13-9-7-12(8-10-13)20(26)27/h3-10,23H,2,11H2,1H3,(H,21,24)(H,26,27). The SMILES string of the molecule is CCCn1c(=O)c(C(=O)Nc2ccc(C(=O)O)cc2)c(O)c2ccccc21. The second-order valence-electron chi connectivity index (χ2n) is 6.03. The van der Waals surface area contributed by atoms with Crippen LogP contribution in [0.25, 0.3) is 10.9 Å². The van der Waals surface area contributed by atoms with Crippen LogP contribution in [0.2, 0.25) is 0 Å². The number of hydrogen-bond donors (Lipinski definition) is 3. The lowest BCUT2D eigenvalue weighted by atomic mass is 10.1. The van der Waals surface area contributed by atoms with Crippen LogP contribution in [0.4, 0.5) is 5.69 Å². The van der Waals surface area contributed by atoms with Crippen molar-refractivity contribution < 1.29 is 19.8 Å². The van der Waals surface area contributed by atoms with E-state index in [1.807, 2.05) is 6.92 Å². The van der Waals surface area contributed by atoms with E-state index in [2.05, 4.69) is 5.32 Å². The maximum Gasteiger partial charge on any atom is 0.335 e. The van der Waals surface area contributed by atoms with Gasteiger partial charge in [-0.3, -0.25) is 9.59 Å². The molecule has 3 N–H and O–H groups in total. The normalized spacial score (nSPS) is 10.7. The molecule has 1 amide bonds. The minimum Gasteiger partial charge on any atom is -0.506 e. The first kappa shape index (κ1) is 18.2. The van der Waals surface area contributed by atoms with Gasteiger partial charge in [0.2, 0.25) is 0 Å². The molecule has 0 bridgehead atoms. The number of nitrogens with one attached hydrogen (secondary N) is 1. The van der Waals surface area contributed by atoms with Crippen LogP contribution in [-0.4, -0.2) is 26.7 Å². The average Bonchev–Trinajstić information content (AvgIpc) is 2.65. The molecule has 0 atom stereocenters. The number of hydrogen-bond acceptors (Lipinski definition) is 4. The number of amides is 1. The third kappa shape index (κ3) is 3.39. The Balaban J connectivity index is 2.06. The Labute approximate surface area is 154 Å². The van der Waals surface area contributed by atoms with Gasteiger partial charge in [0.25, 0.3) is 11.5 Å². The summed E-state index contributed by atoms with van der Waals surface area (Å²) in [5.74, 6) is -2.21. The fraction of sp³-hybridized carbons (Fsp3) is 0.150. The molecule has 3 aromatic rings. The minimum atomic E-state index is -1.08. The molecule has 0 spiro atoms. The van der Waals surface area contributed by atoms with Gasteiger partial charge in [-0.15, -0.1) is 0 Å². The number of aromatic hydroxyl groups is 1. The highest BCUT2D eigenvalue weighted by Crippen LogP contribution is 2.27. The number of aromatic carboxylic acids is 1. The van der Waals surface area contributed by atoms with Gasteiger partial charge in [0.05, 0.1) is 11.1 Å². The lowest BCUT2D eigenvalue weighted by Crippen LogP contribution is -2.29. The Morgan fingerprint density at radius 1 is 1.07 bits per heavy atom. The molecular formula is C20H18N2O5. The zero-order chi connectivity index (χ0) is 19.6. The molecule has 0 aliphatic carbocycles. The zero-order valence-electron chi connectivity index (χ0n) is 14.6. The number of para-hydroxylation sites is 1. The van der Waals surface area contributed by atoms with E-state index < -0.39 is 17.4 Å². The maximum atomic E-state index is 12.8. The second-order valence-corrected chi connectivity index (χ2v) is 6.03. The summed E-state index contributed by atoms with van der Waals surface area (Å²) < 4.78 is 1.47. The van der Waals surface area contributed by atoms with Crippen LogP contribution in [0.3, 0.4) is 0 Å². The van der Waals surface area contributed by atoms with E-state index in [0.29, 0.717) is 29.6 Å². The lowest BCUT2D eigenvalue weighted by Gasteiger charge is -2.14. The third-order valence-corrected chi connectivity index (χ3v) is 4.21. The summed E-state index contributed by atoms with van der Waals surface area (Å²) in [6.45, 7) is 2.32. The first-order valence-electron chi connectivity index (χ1n) is 8.43. The summed E-state index contributed by atoms with van der Waals surface area (Å²) in [6, 6.07) is 12.4. The number of benzene rings is 2. The van der Waals surface area contributed by atoms with Crippen LogP contribution < -0.4 is 10.9 Å². The highest BCUT2D eigenvalue weighted by Gasteiger charge is 2.22. The Morgan fingerprint density at radius 3 is 2.37 bits per heavy atom. The molecule has 7 heteroatoms. The highest BCUT2D eigenvalue weighted by molar-refractivity contribution is 6.09. The number of anilines is 1. The van der Waals surface area contributed by atoms with Crippen LogP contribution in [0.15, 0.2) is 53.3 Å². The molecule has 0 fully saturated rings. The van der Waals surface area contributed by atoms with Crippen molar-refractivity contribution in [3.05, 3.63) is 70.0 Å². The van der Waals surface area contributed by atoms with Crippen molar-refractivity contribution in [1.82, 2.24) is 4.57 Å². The number of carboxylic acids is 1. The molecule has 27 heavy (non-hydrogen) atoms. The average molecular weight is 366 g/mol. The monoisotopic (exact) mass is 366 g/mol. The summed E-state index contributed by atoms with van der Waals surface area (Å²) >= 11 is 0. The molecule has 0 unspecified atom stereocenters. The summed E-state index contributed by atoms with van der Waals surface area (Å²) in [7, 11) is 0. The van der Waals surface area contributed by atoms with Crippen molar-refractivity contribution in [2.45, 2.75) is 19.9 Å². The van der Waals surface area contributed by atoms with Crippen LogP contribution in [-0.2, 0) is 6.54 Å². The Kier molecular flexibility index (Phi) is 4.94. The quantitative estimate of drug-likeness (QED) is 0.643. The molecule has 0 radical (unpaired) electrons. The Bertz CT molecular complexity index is 1080. The van der Waals surface area contributed by atoms with Gasteiger partial charge in [0.1, 0.15) is 11.3 Å². The molecule has 2 aromatic carbocycles. The predicted molar refractivity (Wildman–Crippen MR) is 102 cm³/mol. The number of carboxylic acid groups (broad SMARTS) is 1. The fourth-order valence-corrected chi connectivity index (χ4v) is 2.93. The number of carbonyl (C=O) groups excluding carboxylic acids is 1. The van der Waals surface area contributed by atoms with Gasteiger partial charge in [0, 0.05) is 17.6 Å². The predicted octanol–water partition coefficient (Wildman–Crippen LogP) is 3.07. The smallest absolute Gasteiger partial charge is 0.335 e. The van der Waals surface area contributed by atoms with Crippen molar-refractivity contribution in [1.29, 1.82) is 0 Å². The first-order chi connectivity index (χ1) is 12.9. The van der Waals surface area contributed by atoms with Crippen molar-refractivity contribution in [2.24, 2.45) is 0 Å². The van der Waals surface area contributed by atoms with Gasteiger partial charge in [-0.2, -0.15) is 0 Å². The highest BCUT2D eigenvalue weighted by atomic mass is 16.4. The number of pyridine rings is 1. The minimum absolute atomic E-state index is 0.0758. The molecular weight excluding hydrogens is 348 g/mol. The van der Waals surface area contributed by atoms with Gasteiger partial charge < -0.3 is 20.1 Å². The van der Waals surface area contributed by atoms with E-state index in [1.54, 1.807) is 24.3 Å². The summed E-state index contributed by atoms with van der Waals surface area (Å²) in [6.07, 6.45) is 0.687. The molecule has 3 rings (SSSR count). The van der Waals surface area contributed by atoms with Gasteiger partial charge in [-0.25, -0.2) is 4.79 Å². The lowest BCUT2D eigenvalue weighted by molar-refractivity contribution is 0.0696. The van der Waals surface area contributed by atoms with Crippen molar-refractivity contribution >= 4 is 28.5 Å². The summed E-state index contributed by atoms with van der Waals surface area (Å²) in [5, 5.41) is 22.4. The number of rotatable bonds is 5. The third-order valence-electron chi connectivity index (χ3n) is 4.21. The molecule has 0 saturated carbocycles. The molecule has 7 nitrogen and oxygen atoms in total.